The molecule has 0 spiro atoms. The molecule has 0 radical (unpaired) electrons. The maximum Gasteiger partial charge on any atom is 0.325 e. The molecule has 1 aliphatic rings. The van der Waals surface area contributed by atoms with E-state index in [1.807, 2.05) is 6.92 Å². The van der Waals surface area contributed by atoms with Gasteiger partial charge in [-0.05, 0) is 84.9 Å². The summed E-state index contributed by atoms with van der Waals surface area (Å²) in [6, 6.07) is 18.1. The van der Waals surface area contributed by atoms with E-state index in [0.717, 1.165) is 5.56 Å². The zero-order valence-corrected chi connectivity index (χ0v) is 22.5. The van der Waals surface area contributed by atoms with E-state index in [2.05, 4.69) is 0 Å². The van der Waals surface area contributed by atoms with E-state index in [1.54, 1.807) is 67.8 Å². The number of nitrogens with zero attached hydrogens (tertiary/aromatic N) is 2. The molecule has 0 unspecified atom stereocenters. The molecular formula is C29H27FN2O6S. The molecule has 0 N–H and O–H groups in total. The fourth-order valence-electron chi connectivity index (χ4n) is 3.89. The number of amides is 1. The largest absolute Gasteiger partial charge is 0.497 e. The maximum absolute atomic E-state index is 13.6. The van der Waals surface area contributed by atoms with Gasteiger partial charge < -0.3 is 23.8 Å². The summed E-state index contributed by atoms with van der Waals surface area (Å²) >= 11 is 5.60. The summed E-state index contributed by atoms with van der Waals surface area (Å²) in [7, 11) is 2.82. The lowest BCUT2D eigenvalue weighted by molar-refractivity contribution is -0.140. The van der Waals surface area contributed by atoms with Crippen LogP contribution in [0.1, 0.15) is 18.1 Å². The molecule has 1 heterocycles. The minimum atomic E-state index is -0.549. The molecule has 39 heavy (non-hydrogen) atoms. The highest BCUT2D eigenvalue weighted by Crippen LogP contribution is 2.33. The second-order valence-corrected chi connectivity index (χ2v) is 8.73. The fourth-order valence-corrected chi connectivity index (χ4v) is 4.24. The molecular weight excluding hydrogens is 523 g/mol. The normalized spacial score (nSPS) is 14.1. The third-order valence-corrected chi connectivity index (χ3v) is 6.26. The van der Waals surface area contributed by atoms with Crippen LogP contribution in [0.4, 0.5) is 10.1 Å². The zero-order valence-electron chi connectivity index (χ0n) is 21.7. The molecule has 3 aromatic rings. The highest BCUT2D eigenvalue weighted by atomic mass is 32.1. The Morgan fingerprint density at radius 1 is 0.974 bits per heavy atom. The molecule has 0 atom stereocenters. The Hall–Kier alpha value is -4.44. The Kier molecular flexibility index (Phi) is 8.77. The van der Waals surface area contributed by atoms with E-state index in [9.17, 15) is 14.0 Å². The molecule has 4 rings (SSSR count). The number of hydrogen-bond acceptors (Lipinski definition) is 7. The van der Waals surface area contributed by atoms with Crippen molar-refractivity contribution in [3.63, 3.8) is 0 Å². The first-order chi connectivity index (χ1) is 18.8. The lowest BCUT2D eigenvalue weighted by atomic mass is 10.1. The minimum absolute atomic E-state index is 0.145. The van der Waals surface area contributed by atoms with Gasteiger partial charge in [0, 0.05) is 0 Å². The highest BCUT2D eigenvalue weighted by molar-refractivity contribution is 7.80. The van der Waals surface area contributed by atoms with Crippen molar-refractivity contribution < 1.29 is 32.9 Å². The van der Waals surface area contributed by atoms with Crippen molar-refractivity contribution in [3.05, 3.63) is 89.4 Å². The fraction of sp³-hybridized carbons (Fsp3) is 0.207. The topological polar surface area (TPSA) is 77.5 Å². The van der Waals surface area contributed by atoms with Crippen molar-refractivity contribution in [2.75, 3.05) is 32.3 Å². The predicted molar refractivity (Wildman–Crippen MR) is 148 cm³/mol. The Morgan fingerprint density at radius 3 is 2.33 bits per heavy atom. The van der Waals surface area contributed by atoms with Gasteiger partial charge in [0.25, 0.3) is 5.91 Å². The van der Waals surface area contributed by atoms with Crippen molar-refractivity contribution in [1.82, 2.24) is 4.90 Å². The van der Waals surface area contributed by atoms with Gasteiger partial charge in [-0.3, -0.25) is 14.5 Å². The quantitative estimate of drug-likeness (QED) is 0.199. The van der Waals surface area contributed by atoms with Crippen molar-refractivity contribution in [1.29, 1.82) is 0 Å². The van der Waals surface area contributed by atoms with Crippen molar-refractivity contribution in [3.8, 4) is 17.2 Å². The van der Waals surface area contributed by atoms with E-state index in [0.29, 0.717) is 35.1 Å². The standard InChI is InChI=1S/C29H27FN2O6S/c1-4-37-26-16-20(7-14-25(26)38-18-19-5-8-21(30)9-6-19)15-24-28(34)32(22-10-12-23(35-2)13-11-22)29(39)31(24)17-27(33)36-3/h5-16H,4,17-18H2,1-3H3/b24-15-. The van der Waals surface area contributed by atoms with Gasteiger partial charge in [0.15, 0.2) is 16.6 Å². The van der Waals surface area contributed by atoms with E-state index in [1.165, 1.54) is 29.0 Å². The second kappa shape index (κ2) is 12.4. The molecule has 1 amide bonds. The van der Waals surface area contributed by atoms with Crippen molar-refractivity contribution in [2.24, 2.45) is 0 Å². The number of carbonyl (C=O) groups is 2. The average molecular weight is 551 g/mol. The number of rotatable bonds is 10. The maximum atomic E-state index is 13.6. The summed E-state index contributed by atoms with van der Waals surface area (Å²) < 4.78 is 34.9. The summed E-state index contributed by atoms with van der Waals surface area (Å²) in [5.41, 5.74) is 2.16. The molecule has 0 saturated carbocycles. The molecule has 1 saturated heterocycles. The van der Waals surface area contributed by atoms with Crippen LogP contribution in [-0.2, 0) is 20.9 Å². The smallest absolute Gasteiger partial charge is 0.325 e. The predicted octanol–water partition coefficient (Wildman–Crippen LogP) is 4.96. The number of thiocarbonyl (C=S) groups is 1. The number of carbonyl (C=O) groups excluding carboxylic acids is 2. The lowest BCUT2D eigenvalue weighted by Crippen LogP contribution is -2.35. The number of halogens is 1. The Morgan fingerprint density at radius 2 is 1.69 bits per heavy atom. The van der Waals surface area contributed by atoms with Crippen LogP contribution in [0.3, 0.4) is 0 Å². The van der Waals surface area contributed by atoms with E-state index in [4.69, 9.17) is 31.2 Å². The molecule has 1 aliphatic heterocycles. The van der Waals surface area contributed by atoms with Gasteiger partial charge in [0.1, 0.15) is 30.4 Å². The summed E-state index contributed by atoms with van der Waals surface area (Å²) in [4.78, 5) is 28.6. The highest BCUT2D eigenvalue weighted by Gasteiger charge is 2.40. The molecule has 0 bridgehead atoms. The van der Waals surface area contributed by atoms with Gasteiger partial charge in [0.2, 0.25) is 0 Å². The summed E-state index contributed by atoms with van der Waals surface area (Å²) in [6.45, 7) is 2.21. The lowest BCUT2D eigenvalue weighted by Gasteiger charge is -2.19. The third-order valence-electron chi connectivity index (χ3n) is 5.86. The van der Waals surface area contributed by atoms with Gasteiger partial charge in [0.05, 0.1) is 26.5 Å². The molecule has 0 aliphatic carbocycles. The molecule has 10 heteroatoms. The SMILES string of the molecule is CCOc1cc(/C=C2/C(=O)N(c3ccc(OC)cc3)C(=S)N2CC(=O)OC)ccc1OCc1ccc(F)cc1. The van der Waals surface area contributed by atoms with Crippen LogP contribution in [0.5, 0.6) is 17.2 Å². The van der Waals surface area contributed by atoms with Gasteiger partial charge in [-0.25, -0.2) is 4.39 Å². The van der Waals surface area contributed by atoms with Crippen LogP contribution >= 0.6 is 12.2 Å². The molecule has 3 aromatic carbocycles. The van der Waals surface area contributed by atoms with Gasteiger partial charge in [-0.1, -0.05) is 18.2 Å². The number of hydrogen-bond donors (Lipinski definition) is 0. The van der Waals surface area contributed by atoms with Crippen molar-refractivity contribution in [2.45, 2.75) is 13.5 Å². The van der Waals surface area contributed by atoms with E-state index < -0.39 is 11.9 Å². The summed E-state index contributed by atoms with van der Waals surface area (Å²) in [6.07, 6.45) is 1.63. The monoisotopic (exact) mass is 550 g/mol. The summed E-state index contributed by atoms with van der Waals surface area (Å²) in [5, 5.41) is 0.145. The van der Waals surface area contributed by atoms with Gasteiger partial charge in [-0.15, -0.1) is 0 Å². The zero-order chi connectivity index (χ0) is 27.9. The first-order valence-electron chi connectivity index (χ1n) is 12.1. The van der Waals surface area contributed by atoms with Crippen LogP contribution < -0.4 is 19.1 Å². The first-order valence-corrected chi connectivity index (χ1v) is 12.5. The van der Waals surface area contributed by atoms with Crippen LogP contribution in [0.15, 0.2) is 72.4 Å². The van der Waals surface area contributed by atoms with Crippen LogP contribution in [-0.4, -0.2) is 49.3 Å². The number of esters is 1. The van der Waals surface area contributed by atoms with Crippen LogP contribution in [0.2, 0.25) is 0 Å². The minimum Gasteiger partial charge on any atom is -0.497 e. The van der Waals surface area contributed by atoms with E-state index >= 15 is 0 Å². The Bertz CT molecular complexity index is 1390. The number of anilines is 1. The summed E-state index contributed by atoms with van der Waals surface area (Å²) in [5.74, 6) is 0.315. The number of methoxy groups -OCH3 is 2. The van der Waals surface area contributed by atoms with Gasteiger partial charge in [-0.2, -0.15) is 0 Å². The molecule has 8 nitrogen and oxygen atoms in total. The second-order valence-electron chi connectivity index (χ2n) is 8.37. The molecule has 202 valence electrons. The van der Waals surface area contributed by atoms with Crippen LogP contribution in [0, 0.1) is 5.82 Å². The Labute approximate surface area is 231 Å². The Balaban J connectivity index is 1.65. The van der Waals surface area contributed by atoms with Crippen LogP contribution in [0.25, 0.3) is 6.08 Å². The molecule has 1 fully saturated rings. The van der Waals surface area contributed by atoms with Crippen molar-refractivity contribution >= 4 is 41.0 Å². The van der Waals surface area contributed by atoms with E-state index in [-0.39, 0.29) is 29.8 Å². The number of ether oxygens (including phenoxy) is 4. The molecule has 0 aromatic heterocycles. The van der Waals surface area contributed by atoms with Gasteiger partial charge >= 0.3 is 5.97 Å². The first kappa shape index (κ1) is 27.6. The number of benzene rings is 3. The third kappa shape index (κ3) is 6.35. The average Bonchev–Trinajstić information content (AvgIpc) is 3.17.